The van der Waals surface area contributed by atoms with E-state index in [1.165, 1.54) is 0 Å². The van der Waals surface area contributed by atoms with E-state index in [1.54, 1.807) is 13.0 Å². The Morgan fingerprint density at radius 2 is 1.71 bits per heavy atom. The quantitative estimate of drug-likeness (QED) is 0.424. The number of carbonyl (C=O) groups excluding carboxylic acids is 1. The van der Waals surface area contributed by atoms with Gasteiger partial charge in [0, 0.05) is 11.3 Å². The predicted octanol–water partition coefficient (Wildman–Crippen LogP) is 3.13. The lowest BCUT2D eigenvalue weighted by atomic mass is 9.45. The monoisotopic (exact) mass is 478 g/mol. The van der Waals surface area contributed by atoms with Gasteiger partial charge < -0.3 is 25.5 Å². The van der Waals surface area contributed by atoms with Crippen LogP contribution in [0.15, 0.2) is 11.6 Å². The van der Waals surface area contributed by atoms with Crippen LogP contribution in [0, 0.1) is 34.0 Å². The molecule has 4 aliphatic rings. The van der Waals surface area contributed by atoms with Gasteiger partial charge >= 0.3 is 0 Å². The normalized spacial score (nSPS) is 47.2. The van der Waals surface area contributed by atoms with Crippen LogP contribution in [0.5, 0.6) is 0 Å². The predicted molar refractivity (Wildman–Crippen MR) is 130 cm³/mol. The molecule has 0 aromatic rings. The van der Waals surface area contributed by atoms with E-state index >= 15 is 0 Å². The van der Waals surface area contributed by atoms with Crippen LogP contribution in [-0.2, 0) is 4.79 Å². The number of hydrogen-bond acceptors (Lipinski definition) is 6. The number of rotatable bonds is 4. The number of aliphatic hydroxyl groups is 5. The molecule has 0 spiro atoms. The molecule has 10 atom stereocenters. The van der Waals surface area contributed by atoms with Crippen molar-refractivity contribution in [3.63, 3.8) is 0 Å². The summed E-state index contributed by atoms with van der Waals surface area (Å²) in [5.41, 5.74) is -2.97. The van der Waals surface area contributed by atoms with Gasteiger partial charge in [0.2, 0.25) is 0 Å². The first-order chi connectivity index (χ1) is 15.5. The molecular formula is C28H46O6. The molecule has 0 amide bonds. The smallest absolute Gasteiger partial charge is 0.159 e. The van der Waals surface area contributed by atoms with Crippen LogP contribution in [0.4, 0.5) is 0 Å². The SMILES string of the molecule is CC(C)(C)CC[C@@H](O)[C@@](C)(O)[C@H]1CC[C@@]2(O)C3=CC(=O)[C@@H]4C[C@@H](O)[C@@H](O)C[C@]4(C)[C@H]3CC[C@]12C. The number of allylic oxidation sites excluding steroid dienone is 1. The Labute approximate surface area is 204 Å². The first-order valence-corrected chi connectivity index (χ1v) is 13.2. The van der Waals surface area contributed by atoms with Crippen molar-refractivity contribution in [3.05, 3.63) is 11.6 Å². The molecular weight excluding hydrogens is 432 g/mol. The summed E-state index contributed by atoms with van der Waals surface area (Å²) in [5, 5.41) is 55.7. The molecule has 0 unspecified atom stereocenters. The number of fused-ring (bicyclic) bond motifs is 5. The van der Waals surface area contributed by atoms with Crippen molar-refractivity contribution >= 4 is 5.78 Å². The van der Waals surface area contributed by atoms with Crippen molar-refractivity contribution in [1.82, 2.24) is 0 Å². The average molecular weight is 479 g/mol. The second kappa shape index (κ2) is 8.11. The molecule has 3 saturated carbocycles. The third-order valence-corrected chi connectivity index (χ3v) is 10.7. The van der Waals surface area contributed by atoms with Crippen LogP contribution in [0.2, 0.25) is 0 Å². The van der Waals surface area contributed by atoms with E-state index in [0.717, 1.165) is 18.4 Å². The zero-order valence-corrected chi connectivity index (χ0v) is 21.8. The van der Waals surface area contributed by atoms with Crippen molar-refractivity contribution in [2.45, 2.75) is 122 Å². The van der Waals surface area contributed by atoms with Gasteiger partial charge in [0.15, 0.2) is 5.78 Å². The van der Waals surface area contributed by atoms with Gasteiger partial charge in [-0.3, -0.25) is 4.79 Å². The highest BCUT2D eigenvalue weighted by Crippen LogP contribution is 2.68. The van der Waals surface area contributed by atoms with Crippen LogP contribution < -0.4 is 0 Å². The van der Waals surface area contributed by atoms with Crippen molar-refractivity contribution in [3.8, 4) is 0 Å². The molecule has 6 nitrogen and oxygen atoms in total. The molecule has 0 heterocycles. The average Bonchev–Trinajstić information content (AvgIpc) is 3.00. The Kier molecular flexibility index (Phi) is 6.27. The van der Waals surface area contributed by atoms with Gasteiger partial charge in [-0.2, -0.15) is 0 Å². The molecule has 4 rings (SSSR count). The van der Waals surface area contributed by atoms with Crippen molar-refractivity contribution < 1.29 is 30.3 Å². The Bertz CT molecular complexity index is 857. The summed E-state index contributed by atoms with van der Waals surface area (Å²) in [6.45, 7) is 12.1. The fourth-order valence-electron chi connectivity index (χ4n) is 8.40. The molecule has 0 bridgehead atoms. The minimum atomic E-state index is -1.35. The van der Waals surface area contributed by atoms with Crippen molar-refractivity contribution in [2.24, 2.45) is 34.0 Å². The summed E-state index contributed by atoms with van der Waals surface area (Å²) >= 11 is 0. The Morgan fingerprint density at radius 1 is 1.06 bits per heavy atom. The maximum Gasteiger partial charge on any atom is 0.159 e. The summed E-state index contributed by atoms with van der Waals surface area (Å²) in [5.74, 6) is -0.781. The number of aliphatic hydroxyl groups excluding tert-OH is 3. The second-order valence-electron chi connectivity index (χ2n) is 13.9. The van der Waals surface area contributed by atoms with Crippen LogP contribution in [-0.4, -0.2) is 60.8 Å². The molecule has 6 heteroatoms. The second-order valence-corrected chi connectivity index (χ2v) is 13.9. The summed E-state index contributed by atoms with van der Waals surface area (Å²) in [6.07, 6.45) is 3.28. The molecule has 0 aromatic heterocycles. The maximum atomic E-state index is 13.3. The third-order valence-electron chi connectivity index (χ3n) is 10.7. The summed E-state index contributed by atoms with van der Waals surface area (Å²) in [6, 6.07) is 0. The highest BCUT2D eigenvalue weighted by Gasteiger charge is 2.69. The highest BCUT2D eigenvalue weighted by atomic mass is 16.3. The fourth-order valence-corrected chi connectivity index (χ4v) is 8.40. The molecule has 0 radical (unpaired) electrons. The van der Waals surface area contributed by atoms with E-state index in [1.807, 2.05) is 13.8 Å². The first kappa shape index (κ1) is 26.3. The molecule has 194 valence electrons. The largest absolute Gasteiger partial charge is 0.390 e. The molecule has 5 N–H and O–H groups in total. The van der Waals surface area contributed by atoms with E-state index in [2.05, 4.69) is 20.8 Å². The highest BCUT2D eigenvalue weighted by molar-refractivity contribution is 5.95. The lowest BCUT2D eigenvalue weighted by Crippen LogP contribution is -2.62. The summed E-state index contributed by atoms with van der Waals surface area (Å²) in [4.78, 5) is 13.3. The van der Waals surface area contributed by atoms with Gasteiger partial charge in [-0.1, -0.05) is 34.6 Å². The Hall–Kier alpha value is -0.790. The van der Waals surface area contributed by atoms with E-state index in [-0.39, 0.29) is 35.4 Å². The summed E-state index contributed by atoms with van der Waals surface area (Å²) in [7, 11) is 0. The van der Waals surface area contributed by atoms with Crippen molar-refractivity contribution in [2.75, 3.05) is 0 Å². The van der Waals surface area contributed by atoms with E-state index in [4.69, 9.17) is 0 Å². The molecule has 34 heavy (non-hydrogen) atoms. The van der Waals surface area contributed by atoms with Crippen LogP contribution in [0.25, 0.3) is 0 Å². The van der Waals surface area contributed by atoms with Crippen LogP contribution >= 0.6 is 0 Å². The molecule has 0 aromatic carbocycles. The van der Waals surface area contributed by atoms with Crippen molar-refractivity contribution in [1.29, 1.82) is 0 Å². The van der Waals surface area contributed by atoms with Gasteiger partial charge in [-0.25, -0.2) is 0 Å². The van der Waals surface area contributed by atoms with Gasteiger partial charge in [0.1, 0.15) is 0 Å². The Morgan fingerprint density at radius 3 is 2.32 bits per heavy atom. The zero-order chi connectivity index (χ0) is 25.5. The summed E-state index contributed by atoms with van der Waals surface area (Å²) < 4.78 is 0. The third kappa shape index (κ3) is 3.75. The number of ketones is 1. The Balaban J connectivity index is 1.66. The van der Waals surface area contributed by atoms with E-state index in [9.17, 15) is 30.3 Å². The maximum absolute atomic E-state index is 13.3. The topological polar surface area (TPSA) is 118 Å². The number of carbonyl (C=O) groups is 1. The molecule has 0 aliphatic heterocycles. The fraction of sp³-hybridized carbons (Fsp3) is 0.893. The van der Waals surface area contributed by atoms with Gasteiger partial charge in [-0.05, 0) is 92.6 Å². The molecule has 3 fully saturated rings. The standard InChI is InChI=1S/C28H46O6/c1-24(2,3)10-9-23(32)27(6,33)22-8-12-28(34)17-13-19(29)18-14-20(30)21(31)15-25(18,4)16(17)7-11-26(22,28)5/h13,16,18,20-23,30-34H,7-12,14-15H2,1-6H3/t16-,18-,20+,21-,22-,23+,25+,26+,27-,28+/m0/s1. The molecule has 0 saturated heterocycles. The van der Waals surface area contributed by atoms with Gasteiger partial charge in [0.05, 0.1) is 29.5 Å². The van der Waals surface area contributed by atoms with E-state index in [0.29, 0.717) is 32.1 Å². The zero-order valence-electron chi connectivity index (χ0n) is 21.8. The van der Waals surface area contributed by atoms with Crippen LogP contribution in [0.1, 0.15) is 92.9 Å². The lowest BCUT2D eigenvalue weighted by molar-refractivity contribution is -0.176. The van der Waals surface area contributed by atoms with Crippen LogP contribution in [0.3, 0.4) is 0 Å². The lowest BCUT2D eigenvalue weighted by Gasteiger charge is -2.60. The van der Waals surface area contributed by atoms with Gasteiger partial charge in [0.25, 0.3) is 0 Å². The minimum absolute atomic E-state index is 0.0484. The van der Waals surface area contributed by atoms with Gasteiger partial charge in [-0.15, -0.1) is 0 Å². The first-order valence-electron chi connectivity index (χ1n) is 13.2. The minimum Gasteiger partial charge on any atom is -0.390 e. The molecule has 4 aliphatic carbocycles. The van der Waals surface area contributed by atoms with E-state index < -0.39 is 40.3 Å². The number of hydrogen-bond donors (Lipinski definition) is 5.